The highest BCUT2D eigenvalue weighted by Crippen LogP contribution is 2.35. The van der Waals surface area contributed by atoms with Crippen molar-refractivity contribution in [2.75, 3.05) is 5.43 Å². The molecule has 2 N–H and O–H groups in total. The van der Waals surface area contributed by atoms with E-state index >= 15 is 0 Å². The zero-order chi connectivity index (χ0) is 19.4. The first-order valence-electron chi connectivity index (χ1n) is 8.18. The van der Waals surface area contributed by atoms with E-state index < -0.39 is 27.4 Å². The van der Waals surface area contributed by atoms with E-state index in [4.69, 9.17) is 0 Å². The van der Waals surface area contributed by atoms with E-state index in [1.165, 1.54) is 6.07 Å². The summed E-state index contributed by atoms with van der Waals surface area (Å²) in [5.74, 6) is -1.41. The van der Waals surface area contributed by atoms with Gasteiger partial charge < -0.3 is 5.11 Å². The largest absolute Gasteiger partial charge is 0.481 e. The van der Waals surface area contributed by atoms with Gasteiger partial charge in [0.25, 0.3) is 5.69 Å². The zero-order valence-electron chi connectivity index (χ0n) is 14.4. The van der Waals surface area contributed by atoms with Gasteiger partial charge in [0.05, 0.1) is 21.8 Å². The fourth-order valence-corrected chi connectivity index (χ4v) is 2.56. The Morgan fingerprint density at radius 1 is 1.31 bits per heavy atom. The molecule has 1 atom stereocenters. The van der Waals surface area contributed by atoms with Gasteiger partial charge in [0.15, 0.2) is 0 Å². The van der Waals surface area contributed by atoms with Crippen LogP contribution in [-0.4, -0.2) is 26.6 Å². The van der Waals surface area contributed by atoms with Crippen LogP contribution in [0.25, 0.3) is 0 Å². The number of nitro benzene ring substituents is 2. The maximum Gasteiger partial charge on any atom is 0.307 e. The third-order valence-corrected chi connectivity index (χ3v) is 4.31. The number of hydrogen-bond acceptors (Lipinski definition) is 7. The standard InChI is InChI=1S/C16H20N4O6/c1-9(2)12(16(21)22)8-14(10-3-4-10)18-17-13-6-5-11(19(23)24)7-15(13)20(25)26/h5-7,9-10,12,17H,3-4,8H2,1-2H3,(H,21,22)/b18-14+/t12-/m0/s1. The van der Waals surface area contributed by atoms with Gasteiger partial charge in [-0.1, -0.05) is 13.8 Å². The Bertz CT molecular complexity index is 757. The van der Waals surface area contributed by atoms with E-state index in [0.717, 1.165) is 25.0 Å². The fourth-order valence-electron chi connectivity index (χ4n) is 2.56. The topological polar surface area (TPSA) is 148 Å². The minimum absolute atomic E-state index is 0.0233. The lowest BCUT2D eigenvalue weighted by Gasteiger charge is -2.17. The molecule has 0 bridgehead atoms. The summed E-state index contributed by atoms with van der Waals surface area (Å²) in [6.45, 7) is 3.63. The van der Waals surface area contributed by atoms with Crippen molar-refractivity contribution in [1.82, 2.24) is 0 Å². The first-order valence-corrected chi connectivity index (χ1v) is 8.18. The van der Waals surface area contributed by atoms with E-state index in [1.54, 1.807) is 0 Å². The number of rotatable bonds is 9. The summed E-state index contributed by atoms with van der Waals surface area (Å²) < 4.78 is 0. The number of nitrogens with zero attached hydrogens (tertiary/aromatic N) is 3. The molecule has 26 heavy (non-hydrogen) atoms. The monoisotopic (exact) mass is 364 g/mol. The van der Waals surface area contributed by atoms with Gasteiger partial charge in [0, 0.05) is 18.2 Å². The zero-order valence-corrected chi connectivity index (χ0v) is 14.4. The summed E-state index contributed by atoms with van der Waals surface area (Å²) >= 11 is 0. The summed E-state index contributed by atoms with van der Waals surface area (Å²) in [7, 11) is 0. The SMILES string of the molecule is CC(C)[C@H](C/C(=N\Nc1ccc([N+](=O)[O-])cc1[N+](=O)[O-])C1CC1)C(=O)O. The van der Waals surface area contributed by atoms with E-state index in [1.807, 2.05) is 13.8 Å². The predicted molar refractivity (Wildman–Crippen MR) is 94.1 cm³/mol. The highest BCUT2D eigenvalue weighted by molar-refractivity contribution is 5.92. The second-order valence-electron chi connectivity index (χ2n) is 6.60. The molecule has 1 aliphatic rings. The predicted octanol–water partition coefficient (Wildman–Crippen LogP) is 3.43. The molecule has 1 aliphatic carbocycles. The molecule has 1 saturated carbocycles. The van der Waals surface area contributed by atoms with E-state index in [2.05, 4.69) is 10.5 Å². The second kappa shape index (κ2) is 7.89. The maximum atomic E-state index is 11.4. The van der Waals surface area contributed by atoms with Crippen molar-refractivity contribution in [2.45, 2.75) is 33.1 Å². The highest BCUT2D eigenvalue weighted by Gasteiger charge is 2.33. The molecule has 0 aliphatic heterocycles. The fraction of sp³-hybridized carbons (Fsp3) is 0.500. The minimum atomic E-state index is -0.908. The number of nitrogens with one attached hydrogen (secondary N) is 1. The Kier molecular flexibility index (Phi) is 5.86. The van der Waals surface area contributed by atoms with Crippen LogP contribution in [-0.2, 0) is 4.79 Å². The van der Waals surface area contributed by atoms with E-state index in [0.29, 0.717) is 5.71 Å². The summed E-state index contributed by atoms with van der Waals surface area (Å²) in [6, 6.07) is 3.24. The van der Waals surface area contributed by atoms with Crippen LogP contribution >= 0.6 is 0 Å². The van der Waals surface area contributed by atoms with Crippen LogP contribution < -0.4 is 5.43 Å². The first-order chi connectivity index (χ1) is 12.2. The lowest BCUT2D eigenvalue weighted by Crippen LogP contribution is -2.24. The molecule has 10 nitrogen and oxygen atoms in total. The number of carbonyl (C=O) groups is 1. The van der Waals surface area contributed by atoms with Gasteiger partial charge in [0.1, 0.15) is 5.69 Å². The third kappa shape index (κ3) is 4.74. The molecule has 1 fully saturated rings. The molecule has 0 saturated heterocycles. The van der Waals surface area contributed by atoms with Crippen LogP contribution in [0.1, 0.15) is 33.1 Å². The number of aliphatic carboxylic acids is 1. The van der Waals surface area contributed by atoms with Crippen molar-refractivity contribution in [1.29, 1.82) is 0 Å². The molecule has 0 radical (unpaired) electrons. The van der Waals surface area contributed by atoms with Crippen molar-refractivity contribution in [3.8, 4) is 0 Å². The molecule has 2 rings (SSSR count). The van der Waals surface area contributed by atoms with E-state index in [9.17, 15) is 30.1 Å². The Morgan fingerprint density at radius 3 is 2.42 bits per heavy atom. The van der Waals surface area contributed by atoms with Crippen molar-refractivity contribution < 1.29 is 19.7 Å². The van der Waals surface area contributed by atoms with Crippen LogP contribution in [0.5, 0.6) is 0 Å². The number of carboxylic acids is 1. The van der Waals surface area contributed by atoms with Gasteiger partial charge in [-0.25, -0.2) is 0 Å². The number of nitro groups is 2. The summed E-state index contributed by atoms with van der Waals surface area (Å²) in [6.07, 6.45) is 2.05. The number of anilines is 1. The second-order valence-corrected chi connectivity index (χ2v) is 6.60. The molecule has 0 aromatic heterocycles. The molecule has 0 spiro atoms. The number of hydrazone groups is 1. The Labute approximate surface area is 149 Å². The van der Waals surface area contributed by atoms with E-state index in [-0.39, 0.29) is 29.6 Å². The molecule has 140 valence electrons. The van der Waals surface area contributed by atoms with Gasteiger partial charge in [0.2, 0.25) is 0 Å². The number of carboxylic acid groups (broad SMARTS) is 1. The summed E-state index contributed by atoms with van der Waals surface area (Å²) in [5, 5.41) is 35.5. The lowest BCUT2D eigenvalue weighted by molar-refractivity contribution is -0.393. The van der Waals surface area contributed by atoms with Crippen LogP contribution in [0, 0.1) is 38.0 Å². The quantitative estimate of drug-likeness (QED) is 0.387. The van der Waals surface area contributed by atoms with Gasteiger partial charge >= 0.3 is 11.7 Å². The number of non-ortho nitro benzene ring substituents is 1. The molecular formula is C16H20N4O6. The molecule has 1 aromatic carbocycles. The normalized spacial score (nSPS) is 15.6. The van der Waals surface area contributed by atoms with Crippen molar-refractivity contribution in [3.63, 3.8) is 0 Å². The summed E-state index contributed by atoms with van der Waals surface area (Å²) in [4.78, 5) is 31.9. The maximum absolute atomic E-state index is 11.4. The first kappa shape index (κ1) is 19.3. The van der Waals surface area contributed by atoms with Crippen LogP contribution in [0.3, 0.4) is 0 Å². The Hall–Kier alpha value is -3.04. The van der Waals surface area contributed by atoms with Crippen LogP contribution in [0.15, 0.2) is 23.3 Å². The van der Waals surface area contributed by atoms with Crippen molar-refractivity contribution >= 4 is 28.7 Å². The highest BCUT2D eigenvalue weighted by atomic mass is 16.6. The smallest absolute Gasteiger partial charge is 0.307 e. The molecule has 10 heteroatoms. The minimum Gasteiger partial charge on any atom is -0.481 e. The molecule has 0 amide bonds. The molecule has 0 heterocycles. The van der Waals surface area contributed by atoms with Gasteiger partial charge in [-0.3, -0.25) is 30.4 Å². The summed E-state index contributed by atoms with van der Waals surface area (Å²) in [5.41, 5.74) is 2.42. The number of benzene rings is 1. The molecular weight excluding hydrogens is 344 g/mol. The third-order valence-electron chi connectivity index (χ3n) is 4.31. The van der Waals surface area contributed by atoms with Gasteiger partial charge in [-0.05, 0) is 30.7 Å². The molecule has 1 aromatic rings. The average molecular weight is 364 g/mol. The van der Waals surface area contributed by atoms with Crippen LogP contribution in [0.2, 0.25) is 0 Å². The van der Waals surface area contributed by atoms with Crippen LogP contribution in [0.4, 0.5) is 17.1 Å². The Balaban J connectivity index is 2.26. The average Bonchev–Trinajstić information content (AvgIpc) is 3.38. The lowest BCUT2D eigenvalue weighted by atomic mass is 9.89. The number of hydrogen-bond donors (Lipinski definition) is 2. The Morgan fingerprint density at radius 2 is 1.96 bits per heavy atom. The van der Waals surface area contributed by atoms with Crippen molar-refractivity contribution in [3.05, 3.63) is 38.4 Å². The van der Waals surface area contributed by atoms with Gasteiger partial charge in [-0.2, -0.15) is 5.10 Å². The molecule has 0 unspecified atom stereocenters. The van der Waals surface area contributed by atoms with Crippen molar-refractivity contribution in [2.24, 2.45) is 22.9 Å². The van der Waals surface area contributed by atoms with Gasteiger partial charge in [-0.15, -0.1) is 0 Å².